The summed E-state index contributed by atoms with van der Waals surface area (Å²) in [6.07, 6.45) is 5.59. The van der Waals surface area contributed by atoms with Gasteiger partial charge < -0.3 is 9.80 Å². The Kier molecular flexibility index (Phi) is 5.41. The van der Waals surface area contributed by atoms with Gasteiger partial charge in [-0.3, -0.25) is 9.59 Å². The van der Waals surface area contributed by atoms with Crippen molar-refractivity contribution in [3.05, 3.63) is 52.6 Å². The van der Waals surface area contributed by atoms with Crippen LogP contribution in [-0.4, -0.2) is 46.8 Å². The highest BCUT2D eigenvalue weighted by Crippen LogP contribution is 2.26. The maximum Gasteiger partial charge on any atom is 0.271 e. The molecule has 4 rings (SSSR count). The van der Waals surface area contributed by atoms with Crippen LogP contribution in [-0.2, 0) is 4.79 Å². The van der Waals surface area contributed by atoms with Crippen molar-refractivity contribution in [3.8, 4) is 5.69 Å². The van der Waals surface area contributed by atoms with Crippen LogP contribution in [0.4, 0.5) is 10.2 Å². The van der Waals surface area contributed by atoms with E-state index in [1.165, 1.54) is 41.4 Å². The number of anilines is 1. The molecule has 2 heterocycles. The second kappa shape index (κ2) is 8.12. The summed E-state index contributed by atoms with van der Waals surface area (Å²) >= 11 is 0. The minimum absolute atomic E-state index is 0.193. The van der Waals surface area contributed by atoms with Gasteiger partial charge in [-0.25, -0.2) is 4.39 Å². The molecule has 7 heteroatoms. The molecule has 0 bridgehead atoms. The summed E-state index contributed by atoms with van der Waals surface area (Å²) in [5, 5.41) is 4.46. The van der Waals surface area contributed by atoms with E-state index < -0.39 is 0 Å². The molecule has 6 nitrogen and oxygen atoms in total. The lowest BCUT2D eigenvalue weighted by atomic mass is 9.88. The minimum atomic E-state index is -0.355. The van der Waals surface area contributed by atoms with E-state index >= 15 is 0 Å². The Bertz CT molecular complexity index is 882. The molecular weight excluding hydrogens is 359 g/mol. The minimum Gasteiger partial charge on any atom is -0.352 e. The number of amides is 1. The van der Waals surface area contributed by atoms with Gasteiger partial charge in [0, 0.05) is 38.2 Å². The SMILES string of the molecule is O=C(C1CCCCC1)N1CCN(c2ccc(=O)n(-c3ccc(F)cc3)n2)CC1. The highest BCUT2D eigenvalue weighted by molar-refractivity contribution is 5.79. The number of rotatable bonds is 3. The predicted molar refractivity (Wildman–Crippen MR) is 105 cm³/mol. The first-order valence-corrected chi connectivity index (χ1v) is 10.0. The van der Waals surface area contributed by atoms with E-state index in [0.717, 1.165) is 25.7 Å². The third kappa shape index (κ3) is 3.93. The number of benzene rings is 1. The zero-order valence-corrected chi connectivity index (χ0v) is 15.9. The molecule has 0 unspecified atom stereocenters. The van der Waals surface area contributed by atoms with Crippen LogP contribution in [0.25, 0.3) is 5.69 Å². The Morgan fingerprint density at radius 1 is 0.929 bits per heavy atom. The monoisotopic (exact) mass is 384 g/mol. The predicted octanol–water partition coefficient (Wildman–Crippen LogP) is 2.60. The summed E-state index contributed by atoms with van der Waals surface area (Å²) in [5.74, 6) is 0.822. The first kappa shape index (κ1) is 18.7. The van der Waals surface area contributed by atoms with Gasteiger partial charge in [-0.05, 0) is 43.2 Å². The molecular formula is C21H25FN4O2. The van der Waals surface area contributed by atoms with E-state index in [1.54, 1.807) is 6.07 Å². The lowest BCUT2D eigenvalue weighted by Crippen LogP contribution is -2.51. The number of carbonyl (C=O) groups excluding carboxylic acids is 1. The molecule has 0 atom stereocenters. The van der Waals surface area contributed by atoms with Gasteiger partial charge in [-0.2, -0.15) is 4.68 Å². The zero-order valence-electron chi connectivity index (χ0n) is 15.9. The van der Waals surface area contributed by atoms with Crippen LogP contribution < -0.4 is 10.5 Å². The molecule has 1 aromatic carbocycles. The largest absolute Gasteiger partial charge is 0.352 e. The molecule has 148 valence electrons. The first-order valence-electron chi connectivity index (χ1n) is 10.0. The number of hydrogen-bond acceptors (Lipinski definition) is 4. The molecule has 0 N–H and O–H groups in total. The smallest absolute Gasteiger partial charge is 0.271 e. The van der Waals surface area contributed by atoms with Crippen LogP contribution >= 0.6 is 0 Å². The van der Waals surface area contributed by atoms with Crippen molar-refractivity contribution in [2.24, 2.45) is 5.92 Å². The fraction of sp³-hybridized carbons (Fsp3) is 0.476. The van der Waals surface area contributed by atoms with Crippen molar-refractivity contribution in [3.63, 3.8) is 0 Å². The van der Waals surface area contributed by atoms with Crippen LogP contribution in [0.5, 0.6) is 0 Å². The molecule has 1 saturated carbocycles. The normalized spacial score (nSPS) is 18.3. The molecule has 1 saturated heterocycles. The van der Waals surface area contributed by atoms with Crippen LogP contribution in [0.3, 0.4) is 0 Å². The average molecular weight is 384 g/mol. The van der Waals surface area contributed by atoms with Gasteiger partial charge in [0.05, 0.1) is 5.69 Å². The van der Waals surface area contributed by atoms with Gasteiger partial charge in [0.1, 0.15) is 11.6 Å². The number of hydrogen-bond donors (Lipinski definition) is 0. The Morgan fingerprint density at radius 3 is 2.29 bits per heavy atom. The Balaban J connectivity index is 1.44. The van der Waals surface area contributed by atoms with Crippen molar-refractivity contribution in [2.45, 2.75) is 32.1 Å². The van der Waals surface area contributed by atoms with E-state index in [2.05, 4.69) is 10.00 Å². The summed E-state index contributed by atoms with van der Waals surface area (Å²) in [5.41, 5.74) is 0.265. The van der Waals surface area contributed by atoms with Crippen LogP contribution in [0, 0.1) is 11.7 Å². The summed E-state index contributed by atoms with van der Waals surface area (Å²) < 4.78 is 14.4. The van der Waals surface area contributed by atoms with Crippen molar-refractivity contribution in [2.75, 3.05) is 31.1 Å². The van der Waals surface area contributed by atoms with Gasteiger partial charge in [-0.1, -0.05) is 19.3 Å². The molecule has 0 spiro atoms. The van der Waals surface area contributed by atoms with Crippen LogP contribution in [0.1, 0.15) is 32.1 Å². The fourth-order valence-electron chi connectivity index (χ4n) is 4.10. The van der Waals surface area contributed by atoms with E-state index in [1.807, 2.05) is 4.90 Å². The quantitative estimate of drug-likeness (QED) is 0.816. The Labute approximate surface area is 163 Å². The summed E-state index contributed by atoms with van der Waals surface area (Å²) in [4.78, 5) is 29.0. The number of nitrogens with zero attached hydrogens (tertiary/aromatic N) is 4. The zero-order chi connectivity index (χ0) is 19.5. The number of carbonyl (C=O) groups is 1. The van der Waals surface area contributed by atoms with Gasteiger partial charge in [0.2, 0.25) is 5.91 Å². The van der Waals surface area contributed by atoms with Gasteiger partial charge >= 0.3 is 0 Å². The molecule has 1 amide bonds. The molecule has 1 aliphatic heterocycles. The molecule has 0 radical (unpaired) electrons. The lowest BCUT2D eigenvalue weighted by Gasteiger charge is -2.37. The van der Waals surface area contributed by atoms with E-state index in [0.29, 0.717) is 43.6 Å². The Hall–Kier alpha value is -2.70. The van der Waals surface area contributed by atoms with Crippen molar-refractivity contribution in [1.29, 1.82) is 0 Å². The summed E-state index contributed by atoms with van der Waals surface area (Å²) in [6, 6.07) is 8.88. The van der Waals surface area contributed by atoms with Crippen molar-refractivity contribution < 1.29 is 9.18 Å². The molecule has 1 aromatic heterocycles. The number of aromatic nitrogens is 2. The maximum absolute atomic E-state index is 13.2. The average Bonchev–Trinajstić information content (AvgIpc) is 2.75. The standard InChI is InChI=1S/C21H25FN4O2/c22-17-6-8-18(9-7-17)26-20(27)11-10-19(23-26)24-12-14-25(15-13-24)21(28)16-4-2-1-3-5-16/h6-11,16H,1-5,12-15H2. The summed E-state index contributed by atoms with van der Waals surface area (Å²) in [6.45, 7) is 2.72. The number of piperazine rings is 1. The fourth-order valence-corrected chi connectivity index (χ4v) is 4.10. The first-order chi connectivity index (χ1) is 13.6. The molecule has 2 fully saturated rings. The highest BCUT2D eigenvalue weighted by Gasteiger charge is 2.28. The third-order valence-corrected chi connectivity index (χ3v) is 5.73. The lowest BCUT2D eigenvalue weighted by molar-refractivity contribution is -0.136. The van der Waals surface area contributed by atoms with Crippen LogP contribution in [0.15, 0.2) is 41.2 Å². The van der Waals surface area contributed by atoms with Gasteiger partial charge in [-0.15, -0.1) is 5.10 Å². The molecule has 28 heavy (non-hydrogen) atoms. The summed E-state index contributed by atoms with van der Waals surface area (Å²) in [7, 11) is 0. The van der Waals surface area contributed by atoms with E-state index in [4.69, 9.17) is 0 Å². The van der Waals surface area contributed by atoms with Gasteiger partial charge in [0.25, 0.3) is 5.56 Å². The number of halogens is 1. The third-order valence-electron chi connectivity index (χ3n) is 5.73. The highest BCUT2D eigenvalue weighted by atomic mass is 19.1. The van der Waals surface area contributed by atoms with Crippen LogP contribution in [0.2, 0.25) is 0 Å². The van der Waals surface area contributed by atoms with Crippen molar-refractivity contribution in [1.82, 2.24) is 14.7 Å². The van der Waals surface area contributed by atoms with E-state index in [-0.39, 0.29) is 17.3 Å². The topological polar surface area (TPSA) is 58.4 Å². The van der Waals surface area contributed by atoms with Crippen molar-refractivity contribution >= 4 is 11.7 Å². The molecule has 1 aliphatic carbocycles. The molecule has 2 aromatic rings. The Morgan fingerprint density at radius 2 is 1.61 bits per heavy atom. The second-order valence-corrected chi connectivity index (χ2v) is 7.57. The van der Waals surface area contributed by atoms with Gasteiger partial charge in [0.15, 0.2) is 0 Å². The molecule has 2 aliphatic rings. The maximum atomic E-state index is 13.2. The second-order valence-electron chi connectivity index (χ2n) is 7.57. The van der Waals surface area contributed by atoms with E-state index in [9.17, 15) is 14.0 Å².